The lowest BCUT2D eigenvalue weighted by Crippen LogP contribution is -2.36. The highest BCUT2D eigenvalue weighted by Gasteiger charge is 2.23. The molecule has 4 heterocycles. The monoisotopic (exact) mass is 475 g/mol. The number of piperidine rings is 1. The summed E-state index contributed by atoms with van der Waals surface area (Å²) in [5.41, 5.74) is 3.58. The number of likely N-dealkylation sites (tertiary alicyclic amines) is 1. The van der Waals surface area contributed by atoms with Gasteiger partial charge in [0.15, 0.2) is 0 Å². The Balaban J connectivity index is 1.41. The van der Waals surface area contributed by atoms with Crippen LogP contribution < -0.4 is 5.32 Å². The molecule has 0 bridgehead atoms. The molecule has 1 fully saturated rings. The first-order valence-corrected chi connectivity index (χ1v) is 13.3. The maximum atomic E-state index is 13.3. The number of para-hydroxylation sites is 1. The zero-order valence-electron chi connectivity index (χ0n) is 20.0. The van der Waals surface area contributed by atoms with E-state index < -0.39 is 0 Å². The average Bonchev–Trinajstić information content (AvgIpc) is 3.58. The van der Waals surface area contributed by atoms with Crippen LogP contribution in [0.5, 0.6) is 0 Å². The fraction of sp³-hybridized carbons (Fsp3) is 0.407. The van der Waals surface area contributed by atoms with Gasteiger partial charge in [-0.25, -0.2) is 4.68 Å². The molecule has 5 rings (SSSR count). The Morgan fingerprint density at radius 3 is 2.79 bits per heavy atom. The van der Waals surface area contributed by atoms with Crippen molar-refractivity contribution in [2.75, 3.05) is 26.2 Å². The second-order valence-corrected chi connectivity index (χ2v) is 10.2. The highest BCUT2D eigenvalue weighted by atomic mass is 32.1. The maximum absolute atomic E-state index is 13.3. The number of aromatic nitrogens is 3. The van der Waals surface area contributed by atoms with E-state index in [1.54, 1.807) is 11.3 Å². The molecule has 7 heteroatoms. The number of fused-ring (bicyclic) bond motifs is 1. The van der Waals surface area contributed by atoms with E-state index in [9.17, 15) is 4.79 Å². The minimum atomic E-state index is -0.0122. The van der Waals surface area contributed by atoms with Gasteiger partial charge >= 0.3 is 0 Å². The fourth-order valence-corrected chi connectivity index (χ4v) is 5.80. The van der Waals surface area contributed by atoms with E-state index in [0.29, 0.717) is 18.8 Å². The van der Waals surface area contributed by atoms with Crippen molar-refractivity contribution in [3.63, 3.8) is 0 Å². The van der Waals surface area contributed by atoms with Crippen molar-refractivity contribution in [2.45, 2.75) is 39.7 Å². The number of carbonyl (C=O) groups excluding carboxylic acids is 1. The summed E-state index contributed by atoms with van der Waals surface area (Å²) in [6.07, 6.45) is 3.60. The molecule has 3 aromatic heterocycles. The molecule has 1 amide bonds. The number of amides is 1. The molecule has 0 saturated carbocycles. The van der Waals surface area contributed by atoms with Gasteiger partial charge in [-0.3, -0.25) is 4.79 Å². The summed E-state index contributed by atoms with van der Waals surface area (Å²) in [5.74, 6) is 0.770. The maximum Gasteiger partial charge on any atom is 0.267 e. The summed E-state index contributed by atoms with van der Waals surface area (Å²) in [7, 11) is 0. The Hall–Kier alpha value is -2.90. The Morgan fingerprint density at radius 1 is 1.21 bits per heavy atom. The zero-order valence-corrected chi connectivity index (χ0v) is 20.9. The van der Waals surface area contributed by atoms with Gasteiger partial charge in [0.05, 0.1) is 10.6 Å². The fourth-order valence-electron chi connectivity index (χ4n) is 5.08. The first kappa shape index (κ1) is 22.9. The largest absolute Gasteiger partial charge is 0.351 e. The van der Waals surface area contributed by atoms with Crippen molar-refractivity contribution < 1.29 is 4.79 Å². The van der Waals surface area contributed by atoms with Gasteiger partial charge < -0.3 is 14.8 Å². The van der Waals surface area contributed by atoms with Gasteiger partial charge in [-0.1, -0.05) is 31.2 Å². The number of hydrogen-bond donors (Lipinski definition) is 1. The van der Waals surface area contributed by atoms with Crippen LogP contribution in [0.2, 0.25) is 0 Å². The summed E-state index contributed by atoms with van der Waals surface area (Å²) in [4.78, 5) is 16.9. The molecular weight excluding hydrogens is 442 g/mol. The van der Waals surface area contributed by atoms with E-state index in [0.717, 1.165) is 46.2 Å². The van der Waals surface area contributed by atoms with Gasteiger partial charge in [-0.15, -0.1) is 11.3 Å². The standard InChI is InChI=1S/C27H33N5OS/c1-3-31-23(26(33)28-14-9-16-30-15-7-10-20(2)19-30)18-22-25(24-13-8-17-34-24)29-32(27(22)31)21-11-5-4-6-12-21/h4-6,8,11-13,17-18,20H,3,7,9-10,14-16,19H2,1-2H3,(H,28,33)/t20-/m1/s1. The van der Waals surface area contributed by atoms with Crippen LogP contribution in [-0.4, -0.2) is 51.3 Å². The number of nitrogens with one attached hydrogen (secondary N) is 1. The molecule has 6 nitrogen and oxygen atoms in total. The van der Waals surface area contributed by atoms with Gasteiger partial charge in [0.2, 0.25) is 0 Å². The van der Waals surface area contributed by atoms with E-state index in [4.69, 9.17) is 5.10 Å². The van der Waals surface area contributed by atoms with Gasteiger partial charge in [0.25, 0.3) is 5.91 Å². The minimum absolute atomic E-state index is 0.0122. The Kier molecular flexibility index (Phi) is 6.83. The predicted octanol–water partition coefficient (Wildman–Crippen LogP) is 5.43. The van der Waals surface area contributed by atoms with Crippen LogP contribution in [0.15, 0.2) is 53.9 Å². The number of nitrogens with zero attached hydrogens (tertiary/aromatic N) is 4. The molecule has 0 unspecified atom stereocenters. The summed E-state index contributed by atoms with van der Waals surface area (Å²) >= 11 is 1.67. The van der Waals surface area contributed by atoms with E-state index in [2.05, 4.69) is 52.2 Å². The van der Waals surface area contributed by atoms with Crippen molar-refractivity contribution in [3.05, 3.63) is 59.6 Å². The van der Waals surface area contributed by atoms with E-state index in [1.165, 1.54) is 25.9 Å². The lowest BCUT2D eigenvalue weighted by Gasteiger charge is -2.30. The highest BCUT2D eigenvalue weighted by molar-refractivity contribution is 7.13. The van der Waals surface area contributed by atoms with Crippen LogP contribution in [0.25, 0.3) is 27.3 Å². The number of hydrogen-bond acceptors (Lipinski definition) is 4. The average molecular weight is 476 g/mol. The zero-order chi connectivity index (χ0) is 23.5. The van der Waals surface area contributed by atoms with Crippen LogP contribution in [0.3, 0.4) is 0 Å². The van der Waals surface area contributed by atoms with E-state index in [1.807, 2.05) is 35.0 Å². The van der Waals surface area contributed by atoms with Crippen LogP contribution in [0.4, 0.5) is 0 Å². The quantitative estimate of drug-likeness (QED) is 0.346. The van der Waals surface area contributed by atoms with Crippen molar-refractivity contribution in [1.82, 2.24) is 24.6 Å². The number of thiophene rings is 1. The smallest absolute Gasteiger partial charge is 0.267 e. The summed E-state index contributed by atoms with van der Waals surface area (Å²) in [6, 6.07) is 16.3. The molecule has 1 aromatic carbocycles. The third-order valence-corrected chi connectivity index (χ3v) is 7.58. The van der Waals surface area contributed by atoms with Crippen LogP contribution in [0, 0.1) is 5.92 Å². The summed E-state index contributed by atoms with van der Waals surface area (Å²) < 4.78 is 4.07. The molecule has 0 aliphatic carbocycles. The van der Waals surface area contributed by atoms with Crippen molar-refractivity contribution >= 4 is 28.3 Å². The lowest BCUT2D eigenvalue weighted by atomic mass is 10.0. The number of aryl methyl sites for hydroxylation is 1. The molecule has 178 valence electrons. The normalized spacial score (nSPS) is 16.8. The van der Waals surface area contributed by atoms with E-state index in [-0.39, 0.29) is 5.91 Å². The Morgan fingerprint density at radius 2 is 2.06 bits per heavy atom. The van der Waals surface area contributed by atoms with Gasteiger partial charge in [0, 0.05) is 25.0 Å². The minimum Gasteiger partial charge on any atom is -0.351 e. The first-order chi connectivity index (χ1) is 16.7. The second-order valence-electron chi connectivity index (χ2n) is 9.24. The lowest BCUT2D eigenvalue weighted by molar-refractivity contribution is 0.0941. The molecule has 1 aliphatic heterocycles. The Labute approximate surface area is 205 Å². The van der Waals surface area contributed by atoms with Crippen LogP contribution in [-0.2, 0) is 6.54 Å². The molecule has 1 atom stereocenters. The van der Waals surface area contributed by atoms with Crippen LogP contribution >= 0.6 is 11.3 Å². The molecule has 0 spiro atoms. The number of rotatable bonds is 8. The summed E-state index contributed by atoms with van der Waals surface area (Å²) in [5, 5.41) is 11.2. The SMILES string of the molecule is CCn1c(C(=O)NCCCN2CCC[C@@H](C)C2)cc2c(-c3cccs3)nn(-c3ccccc3)c21. The molecule has 0 radical (unpaired) electrons. The molecule has 34 heavy (non-hydrogen) atoms. The third-order valence-electron chi connectivity index (χ3n) is 6.71. The topological polar surface area (TPSA) is 55.1 Å². The first-order valence-electron chi connectivity index (χ1n) is 12.4. The van der Waals surface area contributed by atoms with Crippen molar-refractivity contribution in [3.8, 4) is 16.3 Å². The van der Waals surface area contributed by atoms with Gasteiger partial charge in [-0.2, -0.15) is 5.10 Å². The molecule has 1 N–H and O–H groups in total. The molecule has 1 aliphatic rings. The second kappa shape index (κ2) is 10.2. The number of carbonyl (C=O) groups is 1. The van der Waals surface area contributed by atoms with E-state index >= 15 is 0 Å². The highest BCUT2D eigenvalue weighted by Crippen LogP contribution is 2.34. The third kappa shape index (κ3) is 4.55. The predicted molar refractivity (Wildman–Crippen MR) is 140 cm³/mol. The number of benzene rings is 1. The van der Waals surface area contributed by atoms with Crippen molar-refractivity contribution in [2.24, 2.45) is 5.92 Å². The molecular formula is C27H33N5OS. The van der Waals surface area contributed by atoms with Crippen LogP contribution in [0.1, 0.15) is 43.6 Å². The van der Waals surface area contributed by atoms with Gasteiger partial charge in [-0.05, 0) is 74.8 Å². The molecule has 4 aromatic rings. The van der Waals surface area contributed by atoms with Gasteiger partial charge in [0.1, 0.15) is 17.0 Å². The molecule has 1 saturated heterocycles. The Bertz CT molecular complexity index is 1240. The summed E-state index contributed by atoms with van der Waals surface area (Å²) in [6.45, 7) is 9.22. The van der Waals surface area contributed by atoms with Crippen molar-refractivity contribution in [1.29, 1.82) is 0 Å².